The van der Waals surface area contributed by atoms with Gasteiger partial charge in [0.25, 0.3) is 5.91 Å². The minimum Gasteiger partial charge on any atom is -0.434 e. The largest absolute Gasteiger partial charge is 0.434 e. The molecule has 28 heavy (non-hydrogen) atoms. The molecule has 0 spiro atoms. The second-order valence-electron chi connectivity index (χ2n) is 6.47. The molecule has 0 saturated carbocycles. The van der Waals surface area contributed by atoms with Gasteiger partial charge in [0.05, 0.1) is 18.9 Å². The van der Waals surface area contributed by atoms with Crippen molar-refractivity contribution in [1.82, 2.24) is 5.32 Å². The summed E-state index contributed by atoms with van der Waals surface area (Å²) < 4.78 is 31.6. The summed E-state index contributed by atoms with van der Waals surface area (Å²) in [4.78, 5) is 24.2. The van der Waals surface area contributed by atoms with Crippen LogP contribution in [0.25, 0.3) is 11.1 Å². The standard InChI is InChI=1S/C20H21F2N3O3/c21-8-1-9-24-11-13-2-4-14(5-3-13)16-7-6-15(10-17(16)22)25-12-18(19(23)26)28-20(25)27/h2-7,10,18,24H,1,8-9,11-12H2,(H2,23,26)/t18-/m1/s1. The predicted molar refractivity (Wildman–Crippen MR) is 101 cm³/mol. The molecule has 3 rings (SSSR count). The van der Waals surface area contributed by atoms with Gasteiger partial charge in [-0.05, 0) is 42.3 Å². The molecule has 148 valence electrons. The van der Waals surface area contributed by atoms with Gasteiger partial charge in [0.2, 0.25) is 0 Å². The Kier molecular flexibility index (Phi) is 6.20. The molecule has 0 aromatic heterocycles. The van der Waals surface area contributed by atoms with E-state index in [9.17, 15) is 18.4 Å². The first-order valence-corrected chi connectivity index (χ1v) is 8.92. The molecule has 8 heteroatoms. The number of anilines is 1. The van der Waals surface area contributed by atoms with Crippen molar-refractivity contribution >= 4 is 17.7 Å². The van der Waals surface area contributed by atoms with E-state index >= 15 is 0 Å². The van der Waals surface area contributed by atoms with E-state index in [1.54, 1.807) is 24.3 Å². The van der Waals surface area contributed by atoms with Gasteiger partial charge in [0.1, 0.15) is 5.82 Å². The van der Waals surface area contributed by atoms with Gasteiger partial charge in [-0.1, -0.05) is 24.3 Å². The number of rotatable bonds is 8. The molecule has 1 atom stereocenters. The number of carbonyl (C=O) groups is 2. The summed E-state index contributed by atoms with van der Waals surface area (Å²) in [5, 5.41) is 3.13. The Labute approximate surface area is 161 Å². The SMILES string of the molecule is NC(=O)[C@H]1CN(c2ccc(-c3ccc(CNCCCF)cc3)c(F)c2)C(=O)O1. The summed E-state index contributed by atoms with van der Waals surface area (Å²) in [5.74, 6) is -1.24. The Morgan fingerprint density at radius 3 is 2.61 bits per heavy atom. The number of amides is 2. The summed E-state index contributed by atoms with van der Waals surface area (Å²) in [6.07, 6.45) is -1.30. The number of hydrogen-bond acceptors (Lipinski definition) is 4. The van der Waals surface area contributed by atoms with Gasteiger partial charge in [-0.3, -0.25) is 14.1 Å². The van der Waals surface area contributed by atoms with Crippen molar-refractivity contribution in [3.63, 3.8) is 0 Å². The van der Waals surface area contributed by atoms with Crippen molar-refractivity contribution < 1.29 is 23.1 Å². The van der Waals surface area contributed by atoms with Gasteiger partial charge in [-0.2, -0.15) is 0 Å². The van der Waals surface area contributed by atoms with Gasteiger partial charge in [-0.15, -0.1) is 0 Å². The lowest BCUT2D eigenvalue weighted by atomic mass is 10.0. The number of nitrogens with two attached hydrogens (primary N) is 1. The molecule has 0 radical (unpaired) electrons. The highest BCUT2D eigenvalue weighted by Crippen LogP contribution is 2.29. The first-order valence-electron chi connectivity index (χ1n) is 8.92. The lowest BCUT2D eigenvalue weighted by molar-refractivity contribution is -0.124. The van der Waals surface area contributed by atoms with Crippen molar-refractivity contribution in [2.24, 2.45) is 5.73 Å². The maximum atomic E-state index is 14.6. The Morgan fingerprint density at radius 2 is 2.00 bits per heavy atom. The zero-order chi connectivity index (χ0) is 20.1. The highest BCUT2D eigenvalue weighted by atomic mass is 19.1. The van der Waals surface area contributed by atoms with Crippen LogP contribution in [-0.4, -0.2) is 37.9 Å². The maximum Gasteiger partial charge on any atom is 0.415 e. The van der Waals surface area contributed by atoms with Crippen LogP contribution < -0.4 is 16.0 Å². The van der Waals surface area contributed by atoms with Crippen molar-refractivity contribution in [2.45, 2.75) is 19.1 Å². The third kappa shape index (κ3) is 4.45. The van der Waals surface area contributed by atoms with Crippen LogP contribution in [0.5, 0.6) is 0 Å². The molecule has 1 aliphatic rings. The third-order valence-corrected chi connectivity index (χ3v) is 4.47. The van der Waals surface area contributed by atoms with Gasteiger partial charge in [0.15, 0.2) is 6.10 Å². The molecule has 6 nitrogen and oxygen atoms in total. The number of ether oxygens (including phenoxy) is 1. The van der Waals surface area contributed by atoms with Crippen molar-refractivity contribution in [2.75, 3.05) is 24.7 Å². The van der Waals surface area contributed by atoms with E-state index in [4.69, 9.17) is 10.5 Å². The van der Waals surface area contributed by atoms with E-state index < -0.39 is 23.9 Å². The molecule has 0 bridgehead atoms. The molecular weight excluding hydrogens is 368 g/mol. The zero-order valence-electron chi connectivity index (χ0n) is 15.2. The zero-order valence-corrected chi connectivity index (χ0v) is 15.2. The van der Waals surface area contributed by atoms with Crippen LogP contribution in [0.2, 0.25) is 0 Å². The van der Waals surface area contributed by atoms with Crippen LogP contribution in [0.1, 0.15) is 12.0 Å². The molecule has 0 unspecified atom stereocenters. The van der Waals surface area contributed by atoms with E-state index in [-0.39, 0.29) is 13.2 Å². The Morgan fingerprint density at radius 1 is 1.25 bits per heavy atom. The van der Waals surface area contributed by atoms with Crippen molar-refractivity contribution in [3.8, 4) is 11.1 Å². The minimum atomic E-state index is -1.04. The topological polar surface area (TPSA) is 84.7 Å². The number of primary amides is 1. The number of nitrogens with zero attached hydrogens (tertiary/aromatic N) is 1. The smallest absolute Gasteiger partial charge is 0.415 e. The number of nitrogens with one attached hydrogen (secondary N) is 1. The van der Waals surface area contributed by atoms with E-state index in [1.807, 2.05) is 12.1 Å². The summed E-state index contributed by atoms with van der Waals surface area (Å²) in [5.41, 5.74) is 7.53. The van der Waals surface area contributed by atoms with Gasteiger partial charge in [0, 0.05) is 12.1 Å². The monoisotopic (exact) mass is 389 g/mol. The fourth-order valence-corrected chi connectivity index (χ4v) is 2.95. The van der Waals surface area contributed by atoms with Crippen LogP contribution in [-0.2, 0) is 16.1 Å². The Hall–Kier alpha value is -3.00. The molecular formula is C20H21F2N3O3. The number of hydrogen-bond donors (Lipinski definition) is 2. The molecule has 3 N–H and O–H groups in total. The summed E-state index contributed by atoms with van der Waals surface area (Å²) in [6, 6.07) is 11.8. The van der Waals surface area contributed by atoms with Gasteiger partial charge in [-0.25, -0.2) is 9.18 Å². The summed E-state index contributed by atoms with van der Waals surface area (Å²) >= 11 is 0. The predicted octanol–water partition coefficient (Wildman–Crippen LogP) is 2.75. The van der Waals surface area contributed by atoms with Crippen LogP contribution >= 0.6 is 0 Å². The quantitative estimate of drug-likeness (QED) is 0.680. The number of benzene rings is 2. The molecule has 2 aromatic carbocycles. The number of cyclic esters (lactones) is 1. The van der Waals surface area contributed by atoms with Crippen molar-refractivity contribution in [1.29, 1.82) is 0 Å². The first kappa shape index (κ1) is 19.8. The van der Waals surface area contributed by atoms with E-state index in [0.29, 0.717) is 36.3 Å². The first-order chi connectivity index (χ1) is 13.5. The maximum absolute atomic E-state index is 14.6. The van der Waals surface area contributed by atoms with E-state index in [1.165, 1.54) is 11.0 Å². The number of halogens is 2. The summed E-state index contributed by atoms with van der Waals surface area (Å²) in [7, 11) is 0. The van der Waals surface area contributed by atoms with Gasteiger partial charge >= 0.3 is 6.09 Å². The fourth-order valence-electron chi connectivity index (χ4n) is 2.95. The van der Waals surface area contributed by atoms with Crippen LogP contribution in [0.4, 0.5) is 19.3 Å². The highest BCUT2D eigenvalue weighted by Gasteiger charge is 2.36. The average molecular weight is 389 g/mol. The fraction of sp³-hybridized carbons (Fsp3) is 0.300. The number of carbonyl (C=O) groups excluding carboxylic acids is 2. The molecule has 1 aliphatic heterocycles. The van der Waals surface area contributed by atoms with Crippen LogP contribution in [0.3, 0.4) is 0 Å². The second-order valence-corrected chi connectivity index (χ2v) is 6.47. The third-order valence-electron chi connectivity index (χ3n) is 4.47. The number of alkyl halides is 1. The van der Waals surface area contributed by atoms with Crippen LogP contribution in [0.15, 0.2) is 42.5 Å². The highest BCUT2D eigenvalue weighted by molar-refractivity contribution is 5.95. The van der Waals surface area contributed by atoms with Gasteiger partial charge < -0.3 is 15.8 Å². The summed E-state index contributed by atoms with van der Waals surface area (Å²) in [6.45, 7) is 0.820. The molecule has 2 amide bonds. The lowest BCUT2D eigenvalue weighted by Crippen LogP contribution is -2.32. The molecule has 0 aliphatic carbocycles. The van der Waals surface area contributed by atoms with E-state index in [2.05, 4.69) is 5.32 Å². The minimum absolute atomic E-state index is 0.0446. The lowest BCUT2D eigenvalue weighted by Gasteiger charge is -2.14. The van der Waals surface area contributed by atoms with E-state index in [0.717, 1.165) is 5.56 Å². The molecule has 1 heterocycles. The van der Waals surface area contributed by atoms with Crippen LogP contribution in [0, 0.1) is 5.82 Å². The molecule has 1 saturated heterocycles. The molecule has 1 fully saturated rings. The average Bonchev–Trinajstić information content (AvgIpc) is 3.08. The normalized spacial score (nSPS) is 16.3. The molecule has 2 aromatic rings. The van der Waals surface area contributed by atoms with Crippen molar-refractivity contribution in [3.05, 3.63) is 53.8 Å². The Balaban J connectivity index is 1.70. The Bertz CT molecular complexity index is 858. The second kappa shape index (κ2) is 8.79.